The Balaban J connectivity index is 2.24. The second kappa shape index (κ2) is 6.79. The molecule has 6 nitrogen and oxygen atoms in total. The molecule has 0 spiro atoms. The maximum atomic E-state index is 5.56. The summed E-state index contributed by atoms with van der Waals surface area (Å²) in [5.41, 5.74) is 1.05. The number of nitrogens with zero attached hydrogens (tertiary/aromatic N) is 4. The summed E-state index contributed by atoms with van der Waals surface area (Å²) < 4.78 is 5.56. The lowest BCUT2D eigenvalue weighted by Crippen LogP contribution is -2.13. The average Bonchev–Trinajstić information content (AvgIpc) is 2.39. The van der Waals surface area contributed by atoms with E-state index in [0.717, 1.165) is 12.1 Å². The first kappa shape index (κ1) is 14.2. The van der Waals surface area contributed by atoms with Gasteiger partial charge in [0.2, 0.25) is 5.95 Å². The first-order valence-electron chi connectivity index (χ1n) is 6.71. The van der Waals surface area contributed by atoms with Crippen molar-refractivity contribution in [3.63, 3.8) is 0 Å². The first-order chi connectivity index (χ1) is 9.67. The molecule has 6 heteroatoms. The van der Waals surface area contributed by atoms with Gasteiger partial charge >= 0.3 is 6.01 Å². The lowest BCUT2D eigenvalue weighted by molar-refractivity contribution is 0.221. The summed E-state index contributed by atoms with van der Waals surface area (Å²) in [5, 5.41) is 3.09. The molecule has 0 aliphatic carbocycles. The van der Waals surface area contributed by atoms with Crippen LogP contribution in [-0.4, -0.2) is 32.6 Å². The molecule has 106 valence electrons. The number of pyridine rings is 1. The topological polar surface area (TPSA) is 72.8 Å². The number of ether oxygens (including phenoxy) is 1. The van der Waals surface area contributed by atoms with E-state index in [1.54, 1.807) is 12.4 Å². The Hall–Kier alpha value is -2.24. The molecule has 0 atom stereocenters. The van der Waals surface area contributed by atoms with Crippen molar-refractivity contribution < 1.29 is 4.74 Å². The summed E-state index contributed by atoms with van der Waals surface area (Å²) in [6.45, 7) is 6.63. The fraction of sp³-hybridized carbons (Fsp3) is 0.429. The molecule has 0 unspecified atom stereocenters. The zero-order chi connectivity index (χ0) is 14.4. The van der Waals surface area contributed by atoms with Gasteiger partial charge in [0, 0.05) is 25.4 Å². The van der Waals surface area contributed by atoms with Gasteiger partial charge in [-0.25, -0.2) is 0 Å². The molecule has 0 aromatic carbocycles. The molecule has 2 rings (SSSR count). The van der Waals surface area contributed by atoms with E-state index in [2.05, 4.69) is 25.3 Å². The lowest BCUT2D eigenvalue weighted by Gasteiger charge is -2.10. The highest BCUT2D eigenvalue weighted by Crippen LogP contribution is 2.12. The summed E-state index contributed by atoms with van der Waals surface area (Å²) in [6.07, 6.45) is 4.18. The SMILES string of the molecule is CCNc1nc(Cc2cccnc2)nc(OC(C)C)n1. The normalized spacial score (nSPS) is 10.6. The highest BCUT2D eigenvalue weighted by Gasteiger charge is 2.09. The van der Waals surface area contributed by atoms with E-state index < -0.39 is 0 Å². The van der Waals surface area contributed by atoms with E-state index in [0.29, 0.717) is 24.2 Å². The number of nitrogens with one attached hydrogen (secondary N) is 1. The van der Waals surface area contributed by atoms with Crippen LogP contribution in [0.1, 0.15) is 32.2 Å². The summed E-state index contributed by atoms with van der Waals surface area (Å²) in [5.74, 6) is 1.21. The van der Waals surface area contributed by atoms with Crippen molar-refractivity contribution in [2.24, 2.45) is 0 Å². The second-order valence-electron chi connectivity index (χ2n) is 4.59. The molecule has 0 saturated heterocycles. The van der Waals surface area contributed by atoms with Crippen LogP contribution in [-0.2, 0) is 6.42 Å². The predicted octanol–water partition coefficient (Wildman–Crippen LogP) is 2.08. The Bertz CT molecular complexity index is 545. The third-order valence-electron chi connectivity index (χ3n) is 2.42. The summed E-state index contributed by atoms with van der Waals surface area (Å²) in [4.78, 5) is 17.0. The van der Waals surface area contributed by atoms with Gasteiger partial charge in [-0.3, -0.25) is 4.98 Å². The maximum absolute atomic E-state index is 5.56. The zero-order valence-corrected chi connectivity index (χ0v) is 12.0. The third kappa shape index (κ3) is 4.15. The molecular weight excluding hydrogens is 254 g/mol. The van der Waals surface area contributed by atoms with Crippen LogP contribution in [0.3, 0.4) is 0 Å². The molecular formula is C14H19N5O. The van der Waals surface area contributed by atoms with E-state index in [9.17, 15) is 0 Å². The smallest absolute Gasteiger partial charge is 0.321 e. The van der Waals surface area contributed by atoms with Crippen LogP contribution in [0.15, 0.2) is 24.5 Å². The zero-order valence-electron chi connectivity index (χ0n) is 12.0. The minimum absolute atomic E-state index is 0.0260. The molecule has 0 saturated carbocycles. The third-order valence-corrected chi connectivity index (χ3v) is 2.42. The predicted molar refractivity (Wildman–Crippen MR) is 76.8 cm³/mol. The van der Waals surface area contributed by atoms with Crippen LogP contribution in [0.25, 0.3) is 0 Å². The Morgan fingerprint density at radius 3 is 2.75 bits per heavy atom. The molecule has 0 bridgehead atoms. The van der Waals surface area contributed by atoms with E-state index in [-0.39, 0.29) is 6.10 Å². The van der Waals surface area contributed by atoms with Crippen molar-refractivity contribution in [2.75, 3.05) is 11.9 Å². The second-order valence-corrected chi connectivity index (χ2v) is 4.59. The number of aromatic nitrogens is 4. The molecule has 2 aromatic heterocycles. The standard InChI is InChI=1S/C14H19N5O/c1-4-16-13-17-12(8-11-6-5-7-15-9-11)18-14(19-13)20-10(2)3/h5-7,9-10H,4,8H2,1-3H3,(H,16,17,18,19). The molecule has 0 amide bonds. The van der Waals surface area contributed by atoms with Crippen LogP contribution in [0.4, 0.5) is 5.95 Å². The summed E-state index contributed by atoms with van der Waals surface area (Å²) >= 11 is 0. The van der Waals surface area contributed by atoms with Gasteiger partial charge in [-0.1, -0.05) is 6.07 Å². The van der Waals surface area contributed by atoms with Gasteiger partial charge in [0.05, 0.1) is 6.10 Å². The number of anilines is 1. The molecule has 2 aromatic rings. The molecule has 1 N–H and O–H groups in total. The number of hydrogen-bond donors (Lipinski definition) is 1. The van der Waals surface area contributed by atoms with Gasteiger partial charge in [0.15, 0.2) is 0 Å². The van der Waals surface area contributed by atoms with Crippen molar-refractivity contribution in [1.29, 1.82) is 0 Å². The summed E-state index contributed by atoms with van der Waals surface area (Å²) in [7, 11) is 0. The minimum Gasteiger partial charge on any atom is -0.461 e. The average molecular weight is 273 g/mol. The monoisotopic (exact) mass is 273 g/mol. The van der Waals surface area contributed by atoms with E-state index in [4.69, 9.17) is 4.74 Å². The summed E-state index contributed by atoms with van der Waals surface area (Å²) in [6, 6.07) is 4.24. The van der Waals surface area contributed by atoms with E-state index in [1.165, 1.54) is 0 Å². The quantitative estimate of drug-likeness (QED) is 0.868. The Morgan fingerprint density at radius 1 is 1.25 bits per heavy atom. The molecule has 2 heterocycles. The van der Waals surface area contributed by atoms with E-state index in [1.807, 2.05) is 32.9 Å². The van der Waals surface area contributed by atoms with E-state index >= 15 is 0 Å². The van der Waals surface area contributed by atoms with Crippen LogP contribution in [0.5, 0.6) is 6.01 Å². The number of rotatable bonds is 6. The van der Waals surface area contributed by atoms with Crippen molar-refractivity contribution in [3.8, 4) is 6.01 Å². The van der Waals surface area contributed by atoms with Gasteiger partial charge in [-0.2, -0.15) is 15.0 Å². The fourth-order valence-corrected chi connectivity index (χ4v) is 1.66. The Labute approximate surface area is 118 Å². The van der Waals surface area contributed by atoms with Crippen LogP contribution in [0.2, 0.25) is 0 Å². The molecule has 0 radical (unpaired) electrons. The molecule has 20 heavy (non-hydrogen) atoms. The van der Waals surface area contributed by atoms with Crippen LogP contribution < -0.4 is 10.1 Å². The molecule has 0 aliphatic heterocycles. The lowest BCUT2D eigenvalue weighted by atomic mass is 10.2. The van der Waals surface area contributed by atoms with Gasteiger partial charge < -0.3 is 10.1 Å². The Morgan fingerprint density at radius 2 is 2.10 bits per heavy atom. The fourth-order valence-electron chi connectivity index (χ4n) is 1.66. The molecule has 0 aliphatic rings. The number of hydrogen-bond acceptors (Lipinski definition) is 6. The van der Waals surface area contributed by atoms with Crippen molar-refractivity contribution in [1.82, 2.24) is 19.9 Å². The highest BCUT2D eigenvalue weighted by molar-refractivity contribution is 5.27. The van der Waals surface area contributed by atoms with Crippen molar-refractivity contribution in [2.45, 2.75) is 33.3 Å². The first-order valence-corrected chi connectivity index (χ1v) is 6.71. The Kier molecular flexibility index (Phi) is 4.81. The van der Waals surface area contributed by atoms with Crippen molar-refractivity contribution in [3.05, 3.63) is 35.9 Å². The minimum atomic E-state index is 0.0260. The van der Waals surface area contributed by atoms with Crippen LogP contribution in [0, 0.1) is 0 Å². The van der Waals surface area contributed by atoms with Gasteiger partial charge in [0.1, 0.15) is 5.82 Å². The van der Waals surface area contributed by atoms with Gasteiger partial charge in [-0.15, -0.1) is 0 Å². The largest absolute Gasteiger partial charge is 0.461 e. The van der Waals surface area contributed by atoms with Gasteiger partial charge in [-0.05, 0) is 32.4 Å². The highest BCUT2D eigenvalue weighted by atomic mass is 16.5. The van der Waals surface area contributed by atoms with Gasteiger partial charge in [0.25, 0.3) is 0 Å². The molecule has 0 fully saturated rings. The van der Waals surface area contributed by atoms with Crippen molar-refractivity contribution >= 4 is 5.95 Å². The van der Waals surface area contributed by atoms with Crippen LogP contribution >= 0.6 is 0 Å². The maximum Gasteiger partial charge on any atom is 0.321 e.